The number of nitrogens with zero attached hydrogens (tertiary/aromatic N) is 1. The number of hydrogen-bond donors (Lipinski definition) is 0. The Hall–Kier alpha value is -1.22. The highest BCUT2D eigenvalue weighted by atomic mass is 19.1. The normalized spacial score (nSPS) is 24.4. The molecule has 1 aromatic rings. The SMILES string of the molecule is CC1CN(CCC(=O)c2ccccc2F)CC1C. The van der Waals surface area contributed by atoms with E-state index in [9.17, 15) is 9.18 Å². The van der Waals surface area contributed by atoms with Crippen LogP contribution in [0.4, 0.5) is 4.39 Å². The Balaban J connectivity index is 1.88. The fraction of sp³-hybridized carbons (Fsp3) is 0.533. The smallest absolute Gasteiger partial charge is 0.167 e. The number of halogens is 1. The Morgan fingerprint density at radius 3 is 2.50 bits per heavy atom. The summed E-state index contributed by atoms with van der Waals surface area (Å²) in [5, 5.41) is 0. The van der Waals surface area contributed by atoms with Gasteiger partial charge < -0.3 is 4.90 Å². The first-order valence-corrected chi connectivity index (χ1v) is 6.58. The number of hydrogen-bond acceptors (Lipinski definition) is 2. The summed E-state index contributed by atoms with van der Waals surface area (Å²) in [4.78, 5) is 14.2. The molecule has 18 heavy (non-hydrogen) atoms. The Bertz CT molecular complexity index is 422. The summed E-state index contributed by atoms with van der Waals surface area (Å²) in [6.45, 7) is 7.31. The summed E-state index contributed by atoms with van der Waals surface area (Å²) in [6.07, 6.45) is 0.403. The fourth-order valence-electron chi connectivity index (χ4n) is 2.51. The maximum atomic E-state index is 13.4. The first kappa shape index (κ1) is 13.2. The molecule has 2 nitrogen and oxygen atoms in total. The molecule has 3 heteroatoms. The summed E-state index contributed by atoms with van der Waals surface area (Å²) in [7, 11) is 0. The van der Waals surface area contributed by atoms with Crippen molar-refractivity contribution < 1.29 is 9.18 Å². The second-order valence-corrected chi connectivity index (χ2v) is 5.37. The highest BCUT2D eigenvalue weighted by molar-refractivity contribution is 5.96. The Morgan fingerprint density at radius 1 is 1.28 bits per heavy atom. The molecule has 0 aliphatic carbocycles. The van der Waals surface area contributed by atoms with Crippen molar-refractivity contribution in [2.24, 2.45) is 11.8 Å². The van der Waals surface area contributed by atoms with Crippen LogP contribution in [0, 0.1) is 17.7 Å². The Labute approximate surface area is 108 Å². The molecule has 0 bridgehead atoms. The first-order chi connectivity index (χ1) is 8.58. The molecule has 1 fully saturated rings. The lowest BCUT2D eigenvalue weighted by Gasteiger charge is -2.14. The molecule has 2 rings (SSSR count). The number of likely N-dealkylation sites (tertiary alicyclic amines) is 1. The molecule has 0 spiro atoms. The lowest BCUT2D eigenvalue weighted by molar-refractivity contribution is 0.0964. The van der Waals surface area contributed by atoms with Crippen molar-refractivity contribution in [2.75, 3.05) is 19.6 Å². The van der Waals surface area contributed by atoms with Gasteiger partial charge in [0.15, 0.2) is 5.78 Å². The van der Waals surface area contributed by atoms with Crippen molar-refractivity contribution in [2.45, 2.75) is 20.3 Å². The summed E-state index contributed by atoms with van der Waals surface area (Å²) in [5.41, 5.74) is 0.220. The van der Waals surface area contributed by atoms with Crippen molar-refractivity contribution in [1.82, 2.24) is 4.90 Å². The third-order valence-electron chi connectivity index (χ3n) is 3.89. The van der Waals surface area contributed by atoms with Gasteiger partial charge in [-0.3, -0.25) is 4.79 Å². The quantitative estimate of drug-likeness (QED) is 0.765. The third kappa shape index (κ3) is 2.96. The van der Waals surface area contributed by atoms with Crippen molar-refractivity contribution in [3.8, 4) is 0 Å². The van der Waals surface area contributed by atoms with Gasteiger partial charge in [0.2, 0.25) is 0 Å². The van der Waals surface area contributed by atoms with Crippen LogP contribution < -0.4 is 0 Å². The summed E-state index contributed by atoms with van der Waals surface area (Å²) >= 11 is 0. The van der Waals surface area contributed by atoms with E-state index < -0.39 is 5.82 Å². The van der Waals surface area contributed by atoms with E-state index in [-0.39, 0.29) is 11.3 Å². The lowest BCUT2D eigenvalue weighted by Crippen LogP contribution is -2.24. The fourth-order valence-corrected chi connectivity index (χ4v) is 2.51. The molecule has 1 heterocycles. The minimum atomic E-state index is -0.411. The minimum absolute atomic E-state index is 0.0969. The van der Waals surface area contributed by atoms with Gasteiger partial charge in [-0.2, -0.15) is 0 Å². The molecule has 0 amide bonds. The van der Waals surface area contributed by atoms with Crippen LogP contribution in [0.5, 0.6) is 0 Å². The molecule has 1 aromatic carbocycles. The molecular formula is C15H20FNO. The van der Waals surface area contributed by atoms with Gasteiger partial charge in [0, 0.05) is 26.1 Å². The molecule has 2 atom stereocenters. The average molecular weight is 249 g/mol. The van der Waals surface area contributed by atoms with Crippen molar-refractivity contribution in [3.05, 3.63) is 35.6 Å². The molecule has 0 radical (unpaired) electrons. The van der Waals surface area contributed by atoms with Gasteiger partial charge in [-0.15, -0.1) is 0 Å². The Kier molecular flexibility index (Phi) is 4.12. The van der Waals surface area contributed by atoms with Crippen LogP contribution >= 0.6 is 0 Å². The van der Waals surface area contributed by atoms with E-state index in [0.29, 0.717) is 18.3 Å². The summed E-state index contributed by atoms with van der Waals surface area (Å²) in [6, 6.07) is 6.21. The zero-order chi connectivity index (χ0) is 13.1. The van der Waals surface area contributed by atoms with Crippen LogP contribution in [-0.2, 0) is 0 Å². The third-order valence-corrected chi connectivity index (χ3v) is 3.89. The van der Waals surface area contributed by atoms with Crippen LogP contribution in [0.1, 0.15) is 30.6 Å². The van der Waals surface area contributed by atoms with E-state index in [1.165, 1.54) is 6.07 Å². The molecule has 1 aliphatic heterocycles. The van der Waals surface area contributed by atoms with Gasteiger partial charge in [0.25, 0.3) is 0 Å². The van der Waals surface area contributed by atoms with Gasteiger partial charge in [-0.05, 0) is 24.0 Å². The molecule has 0 aromatic heterocycles. The maximum absolute atomic E-state index is 13.4. The molecule has 0 saturated carbocycles. The number of carbonyl (C=O) groups is 1. The predicted octanol–water partition coefficient (Wildman–Crippen LogP) is 2.99. The Morgan fingerprint density at radius 2 is 1.89 bits per heavy atom. The van der Waals surface area contributed by atoms with Crippen molar-refractivity contribution in [1.29, 1.82) is 0 Å². The van der Waals surface area contributed by atoms with Crippen molar-refractivity contribution in [3.63, 3.8) is 0 Å². The van der Waals surface area contributed by atoms with E-state index in [1.807, 2.05) is 0 Å². The van der Waals surface area contributed by atoms with E-state index in [4.69, 9.17) is 0 Å². The lowest BCUT2D eigenvalue weighted by atomic mass is 10.0. The monoisotopic (exact) mass is 249 g/mol. The second kappa shape index (κ2) is 5.61. The number of carbonyl (C=O) groups excluding carboxylic acids is 1. The van der Waals surface area contributed by atoms with Crippen LogP contribution in [-0.4, -0.2) is 30.3 Å². The van der Waals surface area contributed by atoms with E-state index >= 15 is 0 Å². The predicted molar refractivity (Wildman–Crippen MR) is 70.1 cm³/mol. The van der Waals surface area contributed by atoms with Gasteiger partial charge in [-0.1, -0.05) is 26.0 Å². The first-order valence-electron chi connectivity index (χ1n) is 6.58. The second-order valence-electron chi connectivity index (χ2n) is 5.37. The van der Waals surface area contributed by atoms with Gasteiger partial charge in [0.05, 0.1) is 5.56 Å². The highest BCUT2D eigenvalue weighted by Gasteiger charge is 2.26. The van der Waals surface area contributed by atoms with Gasteiger partial charge in [-0.25, -0.2) is 4.39 Å². The molecule has 1 saturated heterocycles. The number of rotatable bonds is 4. The van der Waals surface area contributed by atoms with Crippen LogP contribution in [0.15, 0.2) is 24.3 Å². The molecular weight excluding hydrogens is 229 g/mol. The topological polar surface area (TPSA) is 20.3 Å². The highest BCUT2D eigenvalue weighted by Crippen LogP contribution is 2.22. The van der Waals surface area contributed by atoms with Crippen LogP contribution in [0.25, 0.3) is 0 Å². The standard InChI is InChI=1S/C15H20FNO/c1-11-9-17(10-12(11)2)8-7-15(18)13-5-3-4-6-14(13)16/h3-6,11-12H,7-10H2,1-2H3. The number of ketones is 1. The van der Waals surface area contributed by atoms with Crippen LogP contribution in [0.2, 0.25) is 0 Å². The zero-order valence-electron chi connectivity index (χ0n) is 11.0. The van der Waals surface area contributed by atoms with Gasteiger partial charge >= 0.3 is 0 Å². The molecule has 98 valence electrons. The van der Waals surface area contributed by atoms with Crippen LogP contribution in [0.3, 0.4) is 0 Å². The van der Waals surface area contributed by atoms with E-state index in [0.717, 1.165) is 19.6 Å². The maximum Gasteiger partial charge on any atom is 0.167 e. The van der Waals surface area contributed by atoms with Crippen molar-refractivity contribution >= 4 is 5.78 Å². The average Bonchev–Trinajstić information content (AvgIpc) is 2.66. The number of Topliss-reactive ketones (excluding diaryl/α,β-unsaturated/α-hetero) is 1. The zero-order valence-corrected chi connectivity index (χ0v) is 11.0. The summed E-state index contributed by atoms with van der Waals surface area (Å²) < 4.78 is 13.4. The van der Waals surface area contributed by atoms with E-state index in [1.54, 1.807) is 18.2 Å². The largest absolute Gasteiger partial charge is 0.302 e. The van der Waals surface area contributed by atoms with Gasteiger partial charge in [0.1, 0.15) is 5.82 Å². The number of benzene rings is 1. The molecule has 1 aliphatic rings. The van der Waals surface area contributed by atoms with E-state index in [2.05, 4.69) is 18.7 Å². The molecule has 2 unspecified atom stereocenters. The summed E-state index contributed by atoms with van der Waals surface area (Å²) in [5.74, 6) is 0.869. The molecule has 0 N–H and O–H groups in total. The minimum Gasteiger partial charge on any atom is -0.302 e.